The number of aryl methyl sites for hydroxylation is 1. The SMILES string of the molecule is CC#CCn1c(N2CCCC(OC(=O)NC(C)(C)C)C2)nc2c1C(=O)N(Cc1nc(C)c3ccccc3n1)C1=NCCN12. The minimum Gasteiger partial charge on any atom is -0.444 e. The number of rotatable bonds is 5. The van der Waals surface area contributed by atoms with Crippen molar-refractivity contribution in [3.63, 3.8) is 0 Å². The standard InChI is InChI=1S/C31H37N9O3/c1-6-7-16-38-25-26(35-29(38)37-15-10-11-21(18-37)43-30(42)36-31(3,4)5)39-17-14-32-28(39)40(27(25)41)19-24-33-20(2)22-12-8-9-13-23(22)34-24/h8-9,12-13,21H,10-11,14-19H2,1-5H3,(H,36,42). The van der Waals surface area contributed by atoms with Crippen molar-refractivity contribution in [1.29, 1.82) is 0 Å². The normalized spacial score (nSPS) is 18.2. The number of alkyl carbamates (subject to hydrolysis) is 1. The number of anilines is 2. The van der Waals surface area contributed by atoms with E-state index in [-0.39, 0.29) is 18.6 Å². The predicted octanol–water partition coefficient (Wildman–Crippen LogP) is 3.48. The highest BCUT2D eigenvalue weighted by Gasteiger charge is 2.43. The number of guanidine groups is 1. The maximum absolute atomic E-state index is 14.3. The summed E-state index contributed by atoms with van der Waals surface area (Å²) in [5.41, 5.74) is 1.77. The first-order valence-corrected chi connectivity index (χ1v) is 14.7. The van der Waals surface area contributed by atoms with Crippen molar-refractivity contribution >= 4 is 40.6 Å². The summed E-state index contributed by atoms with van der Waals surface area (Å²) >= 11 is 0. The fourth-order valence-corrected chi connectivity index (χ4v) is 5.82. The van der Waals surface area contributed by atoms with Crippen molar-refractivity contribution in [2.24, 2.45) is 4.99 Å². The van der Waals surface area contributed by atoms with E-state index in [0.29, 0.717) is 55.4 Å². The highest BCUT2D eigenvalue weighted by molar-refractivity contribution is 6.18. The van der Waals surface area contributed by atoms with Gasteiger partial charge in [0, 0.05) is 29.7 Å². The Balaban J connectivity index is 1.33. The molecule has 5 heterocycles. The molecule has 1 saturated heterocycles. The van der Waals surface area contributed by atoms with Gasteiger partial charge in [-0.3, -0.25) is 24.2 Å². The summed E-state index contributed by atoms with van der Waals surface area (Å²) in [5, 5.41) is 3.86. The first kappa shape index (κ1) is 28.5. The zero-order valence-electron chi connectivity index (χ0n) is 25.3. The summed E-state index contributed by atoms with van der Waals surface area (Å²) in [6.45, 7) is 12.3. The van der Waals surface area contributed by atoms with Crippen molar-refractivity contribution in [3.8, 4) is 11.8 Å². The summed E-state index contributed by atoms with van der Waals surface area (Å²) in [6.07, 6.45) is 0.831. The van der Waals surface area contributed by atoms with Gasteiger partial charge in [0.25, 0.3) is 5.91 Å². The molecule has 2 amide bonds. The smallest absolute Gasteiger partial charge is 0.407 e. The van der Waals surface area contributed by atoms with Gasteiger partial charge < -0.3 is 15.0 Å². The van der Waals surface area contributed by atoms with E-state index in [1.807, 2.05) is 61.4 Å². The molecule has 0 aliphatic carbocycles. The lowest BCUT2D eigenvalue weighted by molar-refractivity contribution is 0.0820. The minimum absolute atomic E-state index is 0.182. The van der Waals surface area contributed by atoms with Crippen LogP contribution in [0, 0.1) is 18.8 Å². The number of nitrogens with one attached hydrogen (secondary N) is 1. The fourth-order valence-electron chi connectivity index (χ4n) is 5.82. The Labute approximate surface area is 251 Å². The molecule has 1 unspecified atom stereocenters. The molecular weight excluding hydrogens is 546 g/mol. The number of carbonyl (C=O) groups excluding carboxylic acids is 2. The van der Waals surface area contributed by atoms with Gasteiger partial charge in [0.2, 0.25) is 11.9 Å². The van der Waals surface area contributed by atoms with Crippen LogP contribution in [-0.4, -0.2) is 80.2 Å². The third-order valence-corrected chi connectivity index (χ3v) is 7.66. The lowest BCUT2D eigenvalue weighted by Gasteiger charge is -2.34. The molecule has 2 aromatic heterocycles. The number of piperidine rings is 1. The maximum Gasteiger partial charge on any atom is 0.407 e. The highest BCUT2D eigenvalue weighted by Crippen LogP contribution is 2.35. The molecule has 6 rings (SSSR count). The molecule has 1 fully saturated rings. The number of imidazole rings is 1. The molecular formula is C31H37N9O3. The Kier molecular flexibility index (Phi) is 7.42. The molecule has 224 valence electrons. The van der Waals surface area contributed by atoms with Gasteiger partial charge in [-0.1, -0.05) is 24.1 Å². The second kappa shape index (κ2) is 11.2. The lowest BCUT2D eigenvalue weighted by atomic mass is 10.1. The average molecular weight is 584 g/mol. The van der Waals surface area contributed by atoms with Crippen LogP contribution in [0.4, 0.5) is 16.6 Å². The Morgan fingerprint density at radius 3 is 2.77 bits per heavy atom. The molecule has 12 nitrogen and oxygen atoms in total. The largest absolute Gasteiger partial charge is 0.444 e. The maximum atomic E-state index is 14.3. The average Bonchev–Trinajstić information content (AvgIpc) is 3.59. The Morgan fingerprint density at radius 1 is 1.16 bits per heavy atom. The van der Waals surface area contributed by atoms with Crippen LogP contribution in [-0.2, 0) is 17.8 Å². The summed E-state index contributed by atoms with van der Waals surface area (Å²) in [4.78, 5) is 51.8. The number of ether oxygens (including phenoxy) is 1. The summed E-state index contributed by atoms with van der Waals surface area (Å²) in [7, 11) is 0. The van der Waals surface area contributed by atoms with E-state index in [4.69, 9.17) is 24.7 Å². The number of fused-ring (bicyclic) bond motifs is 4. The molecule has 1 N–H and O–H groups in total. The third kappa shape index (κ3) is 5.59. The van der Waals surface area contributed by atoms with Crippen molar-refractivity contribution in [1.82, 2.24) is 29.7 Å². The monoisotopic (exact) mass is 583 g/mol. The van der Waals surface area contributed by atoms with Gasteiger partial charge in [-0.15, -0.1) is 5.92 Å². The van der Waals surface area contributed by atoms with Crippen molar-refractivity contribution < 1.29 is 14.3 Å². The van der Waals surface area contributed by atoms with Crippen molar-refractivity contribution in [2.45, 2.75) is 72.2 Å². The zero-order valence-corrected chi connectivity index (χ0v) is 25.3. The molecule has 3 aliphatic heterocycles. The molecule has 43 heavy (non-hydrogen) atoms. The van der Waals surface area contributed by atoms with Crippen LogP contribution < -0.4 is 15.1 Å². The van der Waals surface area contributed by atoms with Crippen LogP contribution in [0.25, 0.3) is 10.9 Å². The van der Waals surface area contributed by atoms with Gasteiger partial charge in [0.15, 0.2) is 11.5 Å². The van der Waals surface area contributed by atoms with Crippen molar-refractivity contribution in [2.75, 3.05) is 36.0 Å². The molecule has 0 spiro atoms. The van der Waals surface area contributed by atoms with Crippen molar-refractivity contribution in [3.05, 3.63) is 41.5 Å². The molecule has 12 heteroatoms. The minimum atomic E-state index is -0.436. The predicted molar refractivity (Wildman–Crippen MR) is 164 cm³/mol. The highest BCUT2D eigenvalue weighted by atomic mass is 16.6. The topological polar surface area (TPSA) is 121 Å². The number of hydrogen-bond donors (Lipinski definition) is 1. The van der Waals surface area contributed by atoms with E-state index in [2.05, 4.69) is 22.1 Å². The van der Waals surface area contributed by atoms with E-state index in [0.717, 1.165) is 36.0 Å². The molecule has 1 atom stereocenters. The van der Waals surface area contributed by atoms with Crippen LogP contribution >= 0.6 is 0 Å². The van der Waals surface area contributed by atoms with Crippen LogP contribution in [0.2, 0.25) is 0 Å². The first-order chi connectivity index (χ1) is 20.6. The van der Waals surface area contributed by atoms with Gasteiger partial charge in [-0.2, -0.15) is 4.98 Å². The first-order valence-electron chi connectivity index (χ1n) is 14.7. The van der Waals surface area contributed by atoms with E-state index in [1.165, 1.54) is 0 Å². The summed E-state index contributed by atoms with van der Waals surface area (Å²) in [6, 6.07) is 7.87. The molecule has 3 aliphatic rings. The van der Waals surface area contributed by atoms with Crippen LogP contribution in [0.5, 0.6) is 0 Å². The number of aliphatic imine (C=N–C) groups is 1. The Morgan fingerprint density at radius 2 is 1.98 bits per heavy atom. The van der Waals surface area contributed by atoms with Gasteiger partial charge in [0.05, 0.1) is 31.7 Å². The molecule has 0 bridgehead atoms. The number of hydrogen-bond acceptors (Lipinski definition) is 9. The quantitative estimate of drug-likeness (QED) is 0.454. The van der Waals surface area contributed by atoms with Gasteiger partial charge in [-0.05, 0) is 53.5 Å². The van der Waals surface area contributed by atoms with E-state index < -0.39 is 11.6 Å². The number of nitrogens with zero attached hydrogens (tertiary/aromatic N) is 8. The second-order valence-corrected chi connectivity index (χ2v) is 12.1. The molecule has 1 aromatic carbocycles. The Bertz CT molecular complexity index is 1680. The number of carbonyl (C=O) groups is 2. The number of benzene rings is 1. The molecule has 3 aromatic rings. The zero-order chi connectivity index (χ0) is 30.3. The van der Waals surface area contributed by atoms with Crippen LogP contribution in [0.15, 0.2) is 29.3 Å². The third-order valence-electron chi connectivity index (χ3n) is 7.66. The summed E-state index contributed by atoms with van der Waals surface area (Å²) in [5.74, 6) is 8.19. The van der Waals surface area contributed by atoms with E-state index >= 15 is 0 Å². The van der Waals surface area contributed by atoms with Crippen LogP contribution in [0.3, 0.4) is 0 Å². The molecule has 0 saturated carbocycles. The van der Waals surface area contributed by atoms with E-state index in [1.54, 1.807) is 11.8 Å². The van der Waals surface area contributed by atoms with Gasteiger partial charge >= 0.3 is 6.09 Å². The van der Waals surface area contributed by atoms with E-state index in [9.17, 15) is 9.59 Å². The molecule has 0 radical (unpaired) electrons. The number of para-hydroxylation sites is 1. The number of amides is 2. The Hall–Kier alpha value is -4.66. The number of aromatic nitrogens is 4. The second-order valence-electron chi connectivity index (χ2n) is 12.1. The van der Waals surface area contributed by atoms with Gasteiger partial charge in [0.1, 0.15) is 11.9 Å². The lowest BCUT2D eigenvalue weighted by Crippen LogP contribution is -2.50. The summed E-state index contributed by atoms with van der Waals surface area (Å²) < 4.78 is 7.67. The van der Waals surface area contributed by atoms with Gasteiger partial charge in [-0.25, -0.2) is 14.8 Å². The van der Waals surface area contributed by atoms with Crippen LogP contribution in [0.1, 0.15) is 62.5 Å². The fraction of sp³-hybridized carbons (Fsp3) is 0.484.